The molecule has 0 spiro atoms. The zero-order valence-electron chi connectivity index (χ0n) is 11.5. The zero-order valence-corrected chi connectivity index (χ0v) is 11.5. The Kier molecular flexibility index (Phi) is 7.96. The summed E-state index contributed by atoms with van der Waals surface area (Å²) in [6, 6.07) is 10.9. The fourth-order valence-corrected chi connectivity index (χ4v) is 2.02. The van der Waals surface area contributed by atoms with Gasteiger partial charge in [0, 0.05) is 12.6 Å². The van der Waals surface area contributed by atoms with E-state index < -0.39 is 0 Å². The van der Waals surface area contributed by atoms with Crippen LogP contribution in [-0.2, 0) is 6.54 Å². The fourth-order valence-electron chi connectivity index (χ4n) is 2.02. The molecule has 1 heteroatoms. The van der Waals surface area contributed by atoms with Crippen LogP contribution in [0.25, 0.3) is 0 Å². The van der Waals surface area contributed by atoms with Gasteiger partial charge < -0.3 is 5.32 Å². The second-order valence-electron chi connectivity index (χ2n) is 4.69. The van der Waals surface area contributed by atoms with E-state index >= 15 is 0 Å². The SMILES string of the molecule is C=C=CC(CCCCCC)NCc1ccccc1. The largest absolute Gasteiger partial charge is 0.306 e. The number of hydrogen-bond acceptors (Lipinski definition) is 1. The fraction of sp³-hybridized carbons (Fsp3) is 0.471. The maximum Gasteiger partial charge on any atom is 0.0327 e. The molecule has 1 unspecified atom stereocenters. The lowest BCUT2D eigenvalue weighted by molar-refractivity contribution is 0.516. The van der Waals surface area contributed by atoms with E-state index in [0.29, 0.717) is 6.04 Å². The van der Waals surface area contributed by atoms with Gasteiger partial charge in [-0.15, -0.1) is 5.73 Å². The number of nitrogens with one attached hydrogen (secondary N) is 1. The predicted octanol–water partition coefficient (Wildman–Crippen LogP) is 4.46. The van der Waals surface area contributed by atoms with Crippen molar-refractivity contribution in [3.05, 3.63) is 54.3 Å². The molecule has 0 amide bonds. The number of benzene rings is 1. The summed E-state index contributed by atoms with van der Waals surface area (Å²) in [6.45, 7) is 6.84. The second kappa shape index (κ2) is 9.70. The Labute approximate surface area is 112 Å². The molecule has 1 rings (SSSR count). The molecule has 0 fully saturated rings. The number of hydrogen-bond donors (Lipinski definition) is 1. The first-order valence-corrected chi connectivity index (χ1v) is 7.00. The van der Waals surface area contributed by atoms with Gasteiger partial charge in [-0.05, 0) is 18.1 Å². The van der Waals surface area contributed by atoms with Gasteiger partial charge in [0.1, 0.15) is 0 Å². The molecule has 1 atom stereocenters. The summed E-state index contributed by atoms with van der Waals surface area (Å²) < 4.78 is 0. The third-order valence-corrected chi connectivity index (χ3v) is 3.10. The average molecular weight is 243 g/mol. The van der Waals surface area contributed by atoms with Crippen LogP contribution in [0, 0.1) is 0 Å². The lowest BCUT2D eigenvalue weighted by Crippen LogP contribution is -2.26. The minimum atomic E-state index is 0.402. The highest BCUT2D eigenvalue weighted by atomic mass is 14.9. The van der Waals surface area contributed by atoms with Crippen molar-refractivity contribution in [3.63, 3.8) is 0 Å². The van der Waals surface area contributed by atoms with Gasteiger partial charge in [0.2, 0.25) is 0 Å². The highest BCUT2D eigenvalue weighted by Gasteiger charge is 2.03. The van der Waals surface area contributed by atoms with Gasteiger partial charge in [-0.3, -0.25) is 0 Å². The summed E-state index contributed by atoms with van der Waals surface area (Å²) in [4.78, 5) is 0. The molecule has 0 aliphatic rings. The lowest BCUT2D eigenvalue weighted by Gasteiger charge is -2.14. The molecule has 0 radical (unpaired) electrons. The van der Waals surface area contributed by atoms with Gasteiger partial charge in [0.05, 0.1) is 0 Å². The Hall–Kier alpha value is -1.30. The minimum Gasteiger partial charge on any atom is -0.306 e. The number of unbranched alkanes of at least 4 members (excludes halogenated alkanes) is 3. The van der Waals surface area contributed by atoms with Crippen LogP contribution in [0.4, 0.5) is 0 Å². The summed E-state index contributed by atoms with van der Waals surface area (Å²) in [5.41, 5.74) is 4.23. The topological polar surface area (TPSA) is 12.0 Å². The molecule has 0 saturated carbocycles. The Bertz CT molecular complexity index is 349. The molecule has 1 nitrogen and oxygen atoms in total. The molecule has 18 heavy (non-hydrogen) atoms. The molecule has 98 valence electrons. The zero-order chi connectivity index (χ0) is 13.1. The third kappa shape index (κ3) is 6.44. The minimum absolute atomic E-state index is 0.402. The Morgan fingerprint density at radius 2 is 2.00 bits per heavy atom. The van der Waals surface area contributed by atoms with Crippen molar-refractivity contribution in [2.45, 2.75) is 51.6 Å². The van der Waals surface area contributed by atoms with Crippen molar-refractivity contribution < 1.29 is 0 Å². The number of rotatable bonds is 9. The monoisotopic (exact) mass is 243 g/mol. The summed E-state index contributed by atoms with van der Waals surface area (Å²) in [7, 11) is 0. The van der Waals surface area contributed by atoms with Gasteiger partial charge in [-0.1, -0.05) is 69.5 Å². The van der Waals surface area contributed by atoms with Crippen LogP contribution < -0.4 is 5.32 Å². The second-order valence-corrected chi connectivity index (χ2v) is 4.69. The Balaban J connectivity index is 2.31. The van der Waals surface area contributed by atoms with Crippen LogP contribution >= 0.6 is 0 Å². The van der Waals surface area contributed by atoms with Gasteiger partial charge in [-0.2, -0.15) is 0 Å². The van der Waals surface area contributed by atoms with Crippen LogP contribution in [0.15, 0.2) is 48.7 Å². The highest BCUT2D eigenvalue weighted by Crippen LogP contribution is 2.07. The summed E-state index contributed by atoms with van der Waals surface area (Å²) in [6.07, 6.45) is 8.45. The molecule has 0 heterocycles. The van der Waals surface area contributed by atoms with Crippen LogP contribution in [-0.4, -0.2) is 6.04 Å². The first-order chi connectivity index (χ1) is 8.86. The highest BCUT2D eigenvalue weighted by molar-refractivity contribution is 5.14. The summed E-state index contributed by atoms with van der Waals surface area (Å²) >= 11 is 0. The van der Waals surface area contributed by atoms with E-state index in [1.165, 1.54) is 37.7 Å². The average Bonchev–Trinajstić information content (AvgIpc) is 2.42. The third-order valence-electron chi connectivity index (χ3n) is 3.10. The van der Waals surface area contributed by atoms with E-state index in [0.717, 1.165) is 6.54 Å². The normalized spacial score (nSPS) is 11.8. The van der Waals surface area contributed by atoms with E-state index in [1.54, 1.807) is 0 Å². The standard InChI is InChI=1S/C17H25N/c1-3-5-6-10-14-17(11-4-2)18-15-16-12-8-7-9-13-16/h7-9,11-13,17-18H,2-3,5-6,10,14-15H2,1H3. The van der Waals surface area contributed by atoms with Crippen molar-refractivity contribution >= 4 is 0 Å². The van der Waals surface area contributed by atoms with Gasteiger partial charge in [0.15, 0.2) is 0 Å². The Morgan fingerprint density at radius 1 is 1.22 bits per heavy atom. The Morgan fingerprint density at radius 3 is 2.67 bits per heavy atom. The molecule has 1 aromatic rings. The van der Waals surface area contributed by atoms with Crippen molar-refractivity contribution in [2.24, 2.45) is 0 Å². The van der Waals surface area contributed by atoms with Gasteiger partial charge >= 0.3 is 0 Å². The van der Waals surface area contributed by atoms with E-state index in [2.05, 4.69) is 61.0 Å². The maximum absolute atomic E-state index is 3.68. The maximum atomic E-state index is 3.68. The van der Waals surface area contributed by atoms with Gasteiger partial charge in [0.25, 0.3) is 0 Å². The van der Waals surface area contributed by atoms with Crippen molar-refractivity contribution in [3.8, 4) is 0 Å². The van der Waals surface area contributed by atoms with Crippen LogP contribution in [0.5, 0.6) is 0 Å². The van der Waals surface area contributed by atoms with E-state index in [-0.39, 0.29) is 0 Å². The van der Waals surface area contributed by atoms with Crippen LogP contribution in [0.2, 0.25) is 0 Å². The smallest absolute Gasteiger partial charge is 0.0327 e. The van der Waals surface area contributed by atoms with Crippen molar-refractivity contribution in [1.29, 1.82) is 0 Å². The molecule has 0 aliphatic heterocycles. The predicted molar refractivity (Wildman–Crippen MR) is 79.5 cm³/mol. The van der Waals surface area contributed by atoms with E-state index in [9.17, 15) is 0 Å². The summed E-state index contributed by atoms with van der Waals surface area (Å²) in [5, 5.41) is 3.56. The molecule has 0 bridgehead atoms. The molecule has 1 N–H and O–H groups in total. The van der Waals surface area contributed by atoms with Crippen molar-refractivity contribution in [2.75, 3.05) is 0 Å². The van der Waals surface area contributed by atoms with Crippen LogP contribution in [0.1, 0.15) is 44.6 Å². The molecule has 0 saturated heterocycles. The molecular formula is C17H25N. The van der Waals surface area contributed by atoms with Crippen LogP contribution in [0.3, 0.4) is 0 Å². The van der Waals surface area contributed by atoms with E-state index in [1.807, 2.05) is 0 Å². The van der Waals surface area contributed by atoms with E-state index in [4.69, 9.17) is 0 Å². The van der Waals surface area contributed by atoms with Crippen molar-refractivity contribution in [1.82, 2.24) is 5.32 Å². The quantitative estimate of drug-likeness (QED) is 0.499. The first-order valence-electron chi connectivity index (χ1n) is 7.00. The molecule has 0 aromatic heterocycles. The summed E-state index contributed by atoms with van der Waals surface area (Å²) in [5.74, 6) is 0. The molecule has 0 aliphatic carbocycles. The molecular weight excluding hydrogens is 218 g/mol. The van der Waals surface area contributed by atoms with Gasteiger partial charge in [-0.25, -0.2) is 0 Å². The lowest BCUT2D eigenvalue weighted by atomic mass is 10.1. The first kappa shape index (κ1) is 14.8. The molecule has 1 aromatic carbocycles.